The second-order valence-electron chi connectivity index (χ2n) is 8.26. The summed E-state index contributed by atoms with van der Waals surface area (Å²) in [5.74, 6) is 0.989. The normalized spacial score (nSPS) is 19.6. The molecule has 2 aromatic carbocycles. The maximum Gasteiger partial charge on any atom is 0.225 e. The van der Waals surface area contributed by atoms with Gasteiger partial charge in [-0.05, 0) is 42.7 Å². The van der Waals surface area contributed by atoms with E-state index >= 15 is 0 Å². The SMILES string of the molecule is O=C(CCOc1ccccc1)N1CCC(C(=O)N2CCOC(c3ccc(Cl)cc3)C2)CC1. The first kappa shape index (κ1) is 22.6. The number of morpholine rings is 1. The molecule has 0 aliphatic carbocycles. The first-order chi connectivity index (χ1) is 15.6. The second-order valence-corrected chi connectivity index (χ2v) is 8.70. The molecule has 2 saturated heterocycles. The minimum absolute atomic E-state index is 0.0383. The van der Waals surface area contributed by atoms with E-state index in [-0.39, 0.29) is 23.8 Å². The van der Waals surface area contributed by atoms with Gasteiger partial charge >= 0.3 is 0 Å². The van der Waals surface area contributed by atoms with Gasteiger partial charge in [0.15, 0.2) is 0 Å². The molecule has 2 amide bonds. The molecule has 4 rings (SSSR count). The van der Waals surface area contributed by atoms with Gasteiger partial charge < -0.3 is 19.3 Å². The average molecular weight is 457 g/mol. The number of benzene rings is 2. The van der Waals surface area contributed by atoms with Crippen molar-refractivity contribution in [3.05, 3.63) is 65.2 Å². The third-order valence-electron chi connectivity index (χ3n) is 6.14. The van der Waals surface area contributed by atoms with E-state index in [2.05, 4.69) is 0 Å². The number of piperidine rings is 1. The summed E-state index contributed by atoms with van der Waals surface area (Å²) in [5, 5.41) is 0.686. The quantitative estimate of drug-likeness (QED) is 0.660. The molecule has 0 radical (unpaired) electrons. The van der Waals surface area contributed by atoms with Crippen molar-refractivity contribution in [2.45, 2.75) is 25.4 Å². The van der Waals surface area contributed by atoms with E-state index in [0.29, 0.717) is 63.7 Å². The first-order valence-electron chi connectivity index (χ1n) is 11.2. The monoisotopic (exact) mass is 456 g/mol. The van der Waals surface area contributed by atoms with Crippen molar-refractivity contribution in [2.75, 3.05) is 39.4 Å². The van der Waals surface area contributed by atoms with Crippen LogP contribution in [0.3, 0.4) is 0 Å². The molecule has 170 valence electrons. The van der Waals surface area contributed by atoms with Gasteiger partial charge in [0.05, 0.1) is 26.2 Å². The molecule has 0 aromatic heterocycles. The molecule has 2 fully saturated rings. The smallest absolute Gasteiger partial charge is 0.225 e. The van der Waals surface area contributed by atoms with E-state index in [9.17, 15) is 9.59 Å². The Morgan fingerprint density at radius 1 is 0.969 bits per heavy atom. The Balaban J connectivity index is 1.22. The zero-order chi connectivity index (χ0) is 22.3. The highest BCUT2D eigenvalue weighted by atomic mass is 35.5. The second kappa shape index (κ2) is 10.8. The van der Waals surface area contributed by atoms with Gasteiger partial charge in [0.25, 0.3) is 0 Å². The lowest BCUT2D eigenvalue weighted by Gasteiger charge is -2.38. The van der Waals surface area contributed by atoms with Crippen molar-refractivity contribution in [1.82, 2.24) is 9.80 Å². The van der Waals surface area contributed by atoms with Crippen LogP contribution >= 0.6 is 11.6 Å². The molecule has 2 heterocycles. The third kappa shape index (κ3) is 5.81. The summed E-state index contributed by atoms with van der Waals surface area (Å²) in [6.07, 6.45) is 1.62. The zero-order valence-electron chi connectivity index (χ0n) is 18.1. The maximum absolute atomic E-state index is 13.1. The molecule has 2 aliphatic heterocycles. The van der Waals surface area contributed by atoms with Gasteiger partial charge in [0.2, 0.25) is 11.8 Å². The number of rotatable bonds is 6. The number of ether oxygens (including phenoxy) is 2. The Kier molecular flexibility index (Phi) is 7.66. The summed E-state index contributed by atoms with van der Waals surface area (Å²) in [6, 6.07) is 17.1. The fourth-order valence-electron chi connectivity index (χ4n) is 4.29. The third-order valence-corrected chi connectivity index (χ3v) is 6.40. The predicted octanol–water partition coefficient (Wildman–Crippen LogP) is 3.95. The molecule has 0 saturated carbocycles. The van der Waals surface area contributed by atoms with Gasteiger partial charge in [0.1, 0.15) is 11.9 Å². The number of para-hydroxylation sites is 1. The van der Waals surface area contributed by atoms with Crippen LogP contribution in [0.4, 0.5) is 0 Å². The van der Waals surface area contributed by atoms with Crippen molar-refractivity contribution < 1.29 is 19.1 Å². The zero-order valence-corrected chi connectivity index (χ0v) is 18.9. The van der Waals surface area contributed by atoms with Crippen LogP contribution in [-0.4, -0.2) is 61.0 Å². The summed E-state index contributed by atoms with van der Waals surface area (Å²) < 4.78 is 11.5. The Morgan fingerprint density at radius 3 is 2.41 bits per heavy atom. The topological polar surface area (TPSA) is 59.1 Å². The molecule has 0 bridgehead atoms. The van der Waals surface area contributed by atoms with Crippen LogP contribution in [0, 0.1) is 5.92 Å². The number of likely N-dealkylation sites (tertiary alicyclic amines) is 1. The Bertz CT molecular complexity index is 898. The van der Waals surface area contributed by atoms with E-state index < -0.39 is 0 Å². The Labute approximate surface area is 194 Å². The van der Waals surface area contributed by atoms with Crippen LogP contribution in [0.2, 0.25) is 5.02 Å². The first-order valence-corrected chi connectivity index (χ1v) is 11.6. The molecule has 2 aliphatic rings. The molecule has 0 N–H and O–H groups in total. The summed E-state index contributed by atoms with van der Waals surface area (Å²) in [6.45, 7) is 3.28. The molecule has 2 aromatic rings. The number of amides is 2. The summed E-state index contributed by atoms with van der Waals surface area (Å²) in [7, 11) is 0. The number of carbonyl (C=O) groups excluding carboxylic acids is 2. The van der Waals surface area contributed by atoms with Crippen LogP contribution in [0.15, 0.2) is 54.6 Å². The molecule has 32 heavy (non-hydrogen) atoms. The van der Waals surface area contributed by atoms with Gasteiger partial charge in [-0.2, -0.15) is 0 Å². The van der Waals surface area contributed by atoms with Crippen LogP contribution in [0.5, 0.6) is 5.75 Å². The molecular weight excluding hydrogens is 428 g/mol. The van der Waals surface area contributed by atoms with E-state index in [1.54, 1.807) is 0 Å². The fourth-order valence-corrected chi connectivity index (χ4v) is 4.42. The Morgan fingerprint density at radius 2 is 1.69 bits per heavy atom. The summed E-state index contributed by atoms with van der Waals surface area (Å²) in [5.41, 5.74) is 1.03. The lowest BCUT2D eigenvalue weighted by Crippen LogP contribution is -2.48. The molecule has 1 unspecified atom stereocenters. The van der Waals surface area contributed by atoms with Crippen LogP contribution in [-0.2, 0) is 14.3 Å². The van der Waals surface area contributed by atoms with Crippen molar-refractivity contribution in [2.24, 2.45) is 5.92 Å². The number of hydrogen-bond acceptors (Lipinski definition) is 4. The lowest BCUT2D eigenvalue weighted by atomic mass is 9.94. The minimum atomic E-state index is -0.128. The van der Waals surface area contributed by atoms with Gasteiger partial charge in [-0.25, -0.2) is 0 Å². The van der Waals surface area contributed by atoms with Crippen LogP contribution in [0.25, 0.3) is 0 Å². The predicted molar refractivity (Wildman–Crippen MR) is 123 cm³/mol. The molecule has 6 nitrogen and oxygen atoms in total. The van der Waals surface area contributed by atoms with Crippen molar-refractivity contribution in [3.8, 4) is 5.75 Å². The van der Waals surface area contributed by atoms with E-state index in [1.807, 2.05) is 64.4 Å². The molecule has 7 heteroatoms. The highest BCUT2D eigenvalue weighted by molar-refractivity contribution is 6.30. The molecular formula is C25H29ClN2O4. The summed E-state index contributed by atoms with van der Waals surface area (Å²) >= 11 is 5.98. The molecule has 0 spiro atoms. The number of hydrogen-bond donors (Lipinski definition) is 0. The van der Waals surface area contributed by atoms with Gasteiger partial charge in [-0.15, -0.1) is 0 Å². The maximum atomic E-state index is 13.1. The van der Waals surface area contributed by atoms with E-state index in [4.69, 9.17) is 21.1 Å². The van der Waals surface area contributed by atoms with Crippen LogP contribution < -0.4 is 4.74 Å². The highest BCUT2D eigenvalue weighted by Gasteiger charge is 2.33. The van der Waals surface area contributed by atoms with Crippen molar-refractivity contribution in [1.29, 1.82) is 0 Å². The van der Waals surface area contributed by atoms with Gasteiger partial charge in [0, 0.05) is 30.6 Å². The Hall–Kier alpha value is -2.57. The van der Waals surface area contributed by atoms with Crippen LogP contribution in [0.1, 0.15) is 30.9 Å². The summed E-state index contributed by atoms with van der Waals surface area (Å²) in [4.78, 5) is 29.4. The standard InChI is InChI=1S/C25H29ClN2O4/c26-21-8-6-19(7-9-21)23-18-28(15-17-32-23)25(30)20-10-13-27(14-11-20)24(29)12-16-31-22-4-2-1-3-5-22/h1-9,20,23H,10-18H2. The van der Waals surface area contributed by atoms with Gasteiger partial charge in [-0.1, -0.05) is 41.9 Å². The van der Waals surface area contributed by atoms with Crippen molar-refractivity contribution >= 4 is 23.4 Å². The van der Waals surface area contributed by atoms with Gasteiger partial charge in [-0.3, -0.25) is 9.59 Å². The average Bonchev–Trinajstić information content (AvgIpc) is 2.85. The van der Waals surface area contributed by atoms with E-state index in [0.717, 1.165) is 11.3 Å². The minimum Gasteiger partial charge on any atom is -0.493 e. The largest absolute Gasteiger partial charge is 0.493 e. The number of halogens is 1. The number of carbonyl (C=O) groups is 2. The fraction of sp³-hybridized carbons (Fsp3) is 0.440. The van der Waals surface area contributed by atoms with Crippen molar-refractivity contribution in [3.63, 3.8) is 0 Å². The van der Waals surface area contributed by atoms with E-state index in [1.165, 1.54) is 0 Å². The molecule has 1 atom stereocenters. The lowest BCUT2D eigenvalue weighted by molar-refractivity contribution is -0.147. The highest BCUT2D eigenvalue weighted by Crippen LogP contribution is 2.27. The number of nitrogens with zero attached hydrogens (tertiary/aromatic N) is 2.